The number of esters is 1. The molecule has 0 bridgehead atoms. The number of rotatable bonds is 6. The Morgan fingerprint density at radius 3 is 2.48 bits per heavy atom. The molecule has 1 heterocycles. The molecule has 1 amide bonds. The molecule has 25 heavy (non-hydrogen) atoms. The van der Waals surface area contributed by atoms with E-state index in [1.165, 1.54) is 7.11 Å². The van der Waals surface area contributed by atoms with Crippen LogP contribution in [0.15, 0.2) is 18.2 Å². The van der Waals surface area contributed by atoms with Gasteiger partial charge in [0.25, 0.3) is 0 Å². The van der Waals surface area contributed by atoms with Gasteiger partial charge < -0.3 is 15.0 Å². The molecule has 0 aliphatic heterocycles. The molecule has 2 rings (SSSR count). The molecule has 0 spiro atoms. The summed E-state index contributed by atoms with van der Waals surface area (Å²) in [5, 5.41) is 3.84. The van der Waals surface area contributed by atoms with E-state index in [1.807, 2.05) is 6.92 Å². The fourth-order valence-electron chi connectivity index (χ4n) is 1.93. The third kappa shape index (κ3) is 4.76. The molecule has 10 heteroatoms. The SMILES string of the molecule is CCN(CC(=O)Nc1c(Cl)cccc1Cl)c1nc(Cl)c(C(=O)OC)s1. The van der Waals surface area contributed by atoms with Gasteiger partial charge in [0.2, 0.25) is 5.91 Å². The maximum Gasteiger partial charge on any atom is 0.351 e. The first kappa shape index (κ1) is 19.8. The van der Waals surface area contributed by atoms with Crippen LogP contribution in [0.1, 0.15) is 16.6 Å². The van der Waals surface area contributed by atoms with Gasteiger partial charge in [-0.15, -0.1) is 0 Å². The highest BCUT2D eigenvalue weighted by Crippen LogP contribution is 2.31. The van der Waals surface area contributed by atoms with Crippen LogP contribution in [0.3, 0.4) is 0 Å². The first-order valence-electron chi connectivity index (χ1n) is 7.10. The van der Waals surface area contributed by atoms with Crippen LogP contribution in [0, 0.1) is 0 Å². The molecule has 0 atom stereocenters. The standard InChI is InChI=1S/C15H14Cl3N3O3S/c1-3-21(15-20-13(18)12(25-15)14(23)24-2)7-10(22)19-11-8(16)5-4-6-9(11)17/h4-6H,3,7H2,1-2H3,(H,19,22). The van der Waals surface area contributed by atoms with Gasteiger partial charge in [-0.3, -0.25) is 4.79 Å². The lowest BCUT2D eigenvalue weighted by Gasteiger charge is -2.19. The normalized spacial score (nSPS) is 10.4. The van der Waals surface area contributed by atoms with Gasteiger partial charge in [0.1, 0.15) is 0 Å². The van der Waals surface area contributed by atoms with Gasteiger partial charge in [0.05, 0.1) is 29.4 Å². The molecular formula is C15H14Cl3N3O3S. The molecule has 0 unspecified atom stereocenters. The van der Waals surface area contributed by atoms with Crippen molar-refractivity contribution in [3.8, 4) is 0 Å². The minimum Gasteiger partial charge on any atom is -0.465 e. The van der Waals surface area contributed by atoms with Crippen LogP contribution in [0.4, 0.5) is 10.8 Å². The maximum absolute atomic E-state index is 12.3. The molecule has 134 valence electrons. The lowest BCUT2D eigenvalue weighted by atomic mass is 10.3. The minimum atomic E-state index is -0.572. The number of anilines is 2. The predicted octanol–water partition coefficient (Wildman–Crippen LogP) is 4.35. The van der Waals surface area contributed by atoms with Crippen molar-refractivity contribution in [2.45, 2.75) is 6.92 Å². The lowest BCUT2D eigenvalue weighted by Crippen LogP contribution is -2.33. The van der Waals surface area contributed by atoms with E-state index in [0.717, 1.165) is 11.3 Å². The second-order valence-electron chi connectivity index (χ2n) is 4.77. The van der Waals surface area contributed by atoms with E-state index in [1.54, 1.807) is 23.1 Å². The zero-order valence-electron chi connectivity index (χ0n) is 13.3. The zero-order chi connectivity index (χ0) is 18.6. The van der Waals surface area contributed by atoms with E-state index in [4.69, 9.17) is 34.8 Å². The number of methoxy groups -OCH3 is 1. The number of benzene rings is 1. The number of hydrogen-bond acceptors (Lipinski definition) is 6. The van der Waals surface area contributed by atoms with Crippen molar-refractivity contribution in [3.05, 3.63) is 38.3 Å². The van der Waals surface area contributed by atoms with E-state index >= 15 is 0 Å². The van der Waals surface area contributed by atoms with Crippen molar-refractivity contribution in [1.82, 2.24) is 4.98 Å². The van der Waals surface area contributed by atoms with Gasteiger partial charge in [0.15, 0.2) is 15.2 Å². The third-order valence-electron chi connectivity index (χ3n) is 3.16. The summed E-state index contributed by atoms with van der Waals surface area (Å²) in [5.74, 6) is -0.903. The van der Waals surface area contributed by atoms with Crippen LogP contribution >= 0.6 is 46.1 Å². The molecule has 0 saturated heterocycles. The largest absolute Gasteiger partial charge is 0.465 e. The van der Waals surface area contributed by atoms with Gasteiger partial charge in [0, 0.05) is 6.54 Å². The fourth-order valence-corrected chi connectivity index (χ4v) is 3.68. The van der Waals surface area contributed by atoms with E-state index in [0.29, 0.717) is 27.4 Å². The van der Waals surface area contributed by atoms with Gasteiger partial charge in [-0.1, -0.05) is 52.2 Å². The van der Waals surface area contributed by atoms with Crippen LogP contribution in [0.5, 0.6) is 0 Å². The van der Waals surface area contributed by atoms with Crippen LogP contribution in [-0.2, 0) is 9.53 Å². The molecule has 0 fully saturated rings. The van der Waals surface area contributed by atoms with Crippen molar-refractivity contribution in [2.24, 2.45) is 0 Å². The summed E-state index contributed by atoms with van der Waals surface area (Å²) >= 11 is 19.1. The summed E-state index contributed by atoms with van der Waals surface area (Å²) in [5.41, 5.74) is 0.347. The zero-order valence-corrected chi connectivity index (χ0v) is 16.4. The molecule has 0 aliphatic carbocycles. The summed E-state index contributed by atoms with van der Waals surface area (Å²) < 4.78 is 4.65. The topological polar surface area (TPSA) is 71.5 Å². The van der Waals surface area contributed by atoms with Crippen molar-refractivity contribution in [1.29, 1.82) is 0 Å². The first-order chi connectivity index (χ1) is 11.9. The Labute approximate surface area is 163 Å². The highest BCUT2D eigenvalue weighted by Gasteiger charge is 2.22. The number of amides is 1. The van der Waals surface area contributed by atoms with Crippen molar-refractivity contribution in [2.75, 3.05) is 30.4 Å². The Balaban J connectivity index is 2.14. The molecule has 2 aromatic rings. The summed E-state index contributed by atoms with van der Waals surface area (Å²) in [4.78, 5) is 29.9. The number of likely N-dealkylation sites (N-methyl/N-ethyl adjacent to an activating group) is 1. The van der Waals surface area contributed by atoms with E-state index in [2.05, 4.69) is 15.0 Å². The number of carbonyl (C=O) groups excluding carboxylic acids is 2. The summed E-state index contributed by atoms with van der Waals surface area (Å²) in [6, 6.07) is 4.94. The number of nitrogens with one attached hydrogen (secondary N) is 1. The quantitative estimate of drug-likeness (QED) is 0.701. The van der Waals surface area contributed by atoms with Crippen LogP contribution in [0.2, 0.25) is 15.2 Å². The molecule has 1 aromatic carbocycles. The van der Waals surface area contributed by atoms with Crippen LogP contribution in [0.25, 0.3) is 0 Å². The molecule has 1 N–H and O–H groups in total. The number of carbonyl (C=O) groups is 2. The number of aromatic nitrogens is 1. The van der Waals surface area contributed by atoms with Crippen molar-refractivity contribution < 1.29 is 14.3 Å². The van der Waals surface area contributed by atoms with E-state index in [-0.39, 0.29) is 22.5 Å². The number of thiazole rings is 1. The number of ether oxygens (including phenoxy) is 1. The number of halogens is 3. The van der Waals surface area contributed by atoms with Crippen molar-refractivity contribution in [3.63, 3.8) is 0 Å². The number of nitrogens with zero attached hydrogens (tertiary/aromatic N) is 2. The second kappa shape index (κ2) is 8.71. The maximum atomic E-state index is 12.3. The fraction of sp³-hybridized carbons (Fsp3) is 0.267. The monoisotopic (exact) mass is 421 g/mol. The Hall–Kier alpha value is -1.54. The van der Waals surface area contributed by atoms with Crippen LogP contribution < -0.4 is 10.2 Å². The average Bonchev–Trinajstić information content (AvgIpc) is 2.97. The second-order valence-corrected chi connectivity index (χ2v) is 6.92. The Bertz CT molecular complexity index is 777. The molecule has 6 nitrogen and oxygen atoms in total. The minimum absolute atomic E-state index is 0.0114. The smallest absolute Gasteiger partial charge is 0.351 e. The van der Waals surface area contributed by atoms with Crippen LogP contribution in [-0.4, -0.2) is 37.1 Å². The Morgan fingerprint density at radius 2 is 1.92 bits per heavy atom. The Morgan fingerprint density at radius 1 is 1.28 bits per heavy atom. The molecular weight excluding hydrogens is 409 g/mol. The summed E-state index contributed by atoms with van der Waals surface area (Å²) in [6.45, 7) is 2.32. The van der Waals surface area contributed by atoms with Gasteiger partial charge >= 0.3 is 5.97 Å². The first-order valence-corrected chi connectivity index (χ1v) is 9.05. The highest BCUT2D eigenvalue weighted by atomic mass is 35.5. The predicted molar refractivity (Wildman–Crippen MR) is 101 cm³/mol. The summed E-state index contributed by atoms with van der Waals surface area (Å²) in [7, 11) is 1.26. The average molecular weight is 423 g/mol. The Kier molecular flexibility index (Phi) is 6.89. The molecule has 0 saturated carbocycles. The third-order valence-corrected chi connectivity index (χ3v) is 5.27. The molecule has 1 aromatic heterocycles. The van der Waals surface area contributed by atoms with Crippen molar-refractivity contribution >= 4 is 68.8 Å². The van der Waals surface area contributed by atoms with E-state index < -0.39 is 5.97 Å². The van der Waals surface area contributed by atoms with Gasteiger partial charge in [-0.25, -0.2) is 9.78 Å². The van der Waals surface area contributed by atoms with E-state index in [9.17, 15) is 9.59 Å². The van der Waals surface area contributed by atoms with Gasteiger partial charge in [-0.2, -0.15) is 0 Å². The molecule has 0 aliphatic rings. The molecule has 0 radical (unpaired) electrons. The highest BCUT2D eigenvalue weighted by molar-refractivity contribution is 7.18. The van der Waals surface area contributed by atoms with Gasteiger partial charge in [-0.05, 0) is 19.1 Å². The summed E-state index contributed by atoms with van der Waals surface area (Å²) in [6.07, 6.45) is 0. The number of hydrogen-bond donors (Lipinski definition) is 1. The lowest BCUT2D eigenvalue weighted by molar-refractivity contribution is -0.115. The number of para-hydroxylation sites is 1.